The summed E-state index contributed by atoms with van der Waals surface area (Å²) in [5.41, 5.74) is 0. The molecular formula is C7H10ClN3O2S. The van der Waals surface area contributed by atoms with Crippen LogP contribution < -0.4 is 0 Å². The summed E-state index contributed by atoms with van der Waals surface area (Å²) in [5.74, 6) is 1.11. The maximum Gasteiger partial charge on any atom is 0.296 e. The molecule has 2 rings (SSSR count). The average Bonchev–Trinajstić information content (AvgIpc) is 2.82. The minimum absolute atomic E-state index is 0.136. The largest absolute Gasteiger partial charge is 0.301 e. The van der Waals surface area contributed by atoms with Crippen molar-refractivity contribution < 1.29 is 8.42 Å². The Balaban J connectivity index is 2.51. The lowest BCUT2D eigenvalue weighted by atomic mass is 10.4. The standard InChI is InChI=1S/C7H10ClN3O2S/c1-2-11-6(5-3-4-5)9-10-7(11)14(8,12)13/h5H,2-4H2,1H3. The summed E-state index contributed by atoms with van der Waals surface area (Å²) in [4.78, 5) is 0. The van der Waals surface area contributed by atoms with Gasteiger partial charge in [0.25, 0.3) is 14.2 Å². The van der Waals surface area contributed by atoms with Crippen LogP contribution in [0.3, 0.4) is 0 Å². The first kappa shape index (κ1) is 9.92. The van der Waals surface area contributed by atoms with Crippen molar-refractivity contribution in [3.63, 3.8) is 0 Å². The molecule has 1 saturated carbocycles. The molecule has 1 aromatic rings. The molecule has 0 bridgehead atoms. The molecule has 0 aromatic carbocycles. The fraction of sp³-hybridized carbons (Fsp3) is 0.714. The Morgan fingerprint density at radius 1 is 1.50 bits per heavy atom. The molecule has 0 N–H and O–H groups in total. The van der Waals surface area contributed by atoms with Gasteiger partial charge < -0.3 is 4.57 Å². The van der Waals surface area contributed by atoms with Crippen LogP contribution in [0.2, 0.25) is 0 Å². The highest BCUT2D eigenvalue weighted by Crippen LogP contribution is 2.39. The zero-order valence-corrected chi connectivity index (χ0v) is 9.22. The molecule has 1 aliphatic rings. The molecule has 0 unspecified atom stereocenters. The van der Waals surface area contributed by atoms with Gasteiger partial charge in [-0.2, -0.15) is 0 Å². The second kappa shape index (κ2) is 3.20. The third kappa shape index (κ3) is 1.64. The van der Waals surface area contributed by atoms with Gasteiger partial charge in [-0.05, 0) is 19.8 Å². The molecule has 1 aliphatic carbocycles. The van der Waals surface area contributed by atoms with Crippen LogP contribution >= 0.6 is 10.7 Å². The lowest BCUT2D eigenvalue weighted by molar-refractivity contribution is 0.575. The normalized spacial score (nSPS) is 17.3. The quantitative estimate of drug-likeness (QED) is 0.736. The Labute approximate surface area is 86.5 Å². The van der Waals surface area contributed by atoms with Gasteiger partial charge in [0.15, 0.2) is 0 Å². The minimum Gasteiger partial charge on any atom is -0.301 e. The van der Waals surface area contributed by atoms with Crippen LogP contribution in [0, 0.1) is 0 Å². The Hall–Kier alpha value is -0.620. The summed E-state index contributed by atoms with van der Waals surface area (Å²) >= 11 is 0. The molecule has 14 heavy (non-hydrogen) atoms. The van der Waals surface area contributed by atoms with E-state index in [2.05, 4.69) is 10.2 Å². The molecule has 0 radical (unpaired) electrons. The van der Waals surface area contributed by atoms with Crippen molar-refractivity contribution in [2.75, 3.05) is 0 Å². The Morgan fingerprint density at radius 2 is 2.14 bits per heavy atom. The van der Waals surface area contributed by atoms with Crippen molar-refractivity contribution in [1.29, 1.82) is 0 Å². The zero-order chi connectivity index (χ0) is 10.3. The molecule has 1 aromatic heterocycles. The van der Waals surface area contributed by atoms with Gasteiger partial charge >= 0.3 is 0 Å². The van der Waals surface area contributed by atoms with E-state index >= 15 is 0 Å². The molecule has 1 heterocycles. The van der Waals surface area contributed by atoms with E-state index in [1.165, 1.54) is 0 Å². The van der Waals surface area contributed by atoms with Crippen LogP contribution in [0.15, 0.2) is 5.16 Å². The summed E-state index contributed by atoms with van der Waals surface area (Å²) in [5, 5.41) is 7.34. The van der Waals surface area contributed by atoms with Crippen LogP contribution in [0.1, 0.15) is 31.5 Å². The molecule has 1 fully saturated rings. The van der Waals surface area contributed by atoms with Gasteiger partial charge in [-0.15, -0.1) is 10.2 Å². The van der Waals surface area contributed by atoms with E-state index in [4.69, 9.17) is 10.7 Å². The minimum atomic E-state index is -3.77. The second-order valence-electron chi connectivity index (χ2n) is 3.30. The molecule has 0 aliphatic heterocycles. The fourth-order valence-corrected chi connectivity index (χ4v) is 2.39. The molecule has 78 valence electrons. The number of nitrogens with zero attached hydrogens (tertiary/aromatic N) is 3. The molecule has 0 spiro atoms. The summed E-state index contributed by atoms with van der Waals surface area (Å²) < 4.78 is 23.8. The molecule has 7 heteroatoms. The van der Waals surface area contributed by atoms with Gasteiger partial charge in [-0.3, -0.25) is 0 Å². The lowest BCUT2D eigenvalue weighted by Gasteiger charge is -2.03. The first-order valence-corrected chi connectivity index (χ1v) is 6.72. The zero-order valence-electron chi connectivity index (χ0n) is 7.64. The van der Waals surface area contributed by atoms with Crippen molar-refractivity contribution in [1.82, 2.24) is 14.8 Å². The molecular weight excluding hydrogens is 226 g/mol. The highest BCUT2D eigenvalue weighted by atomic mass is 35.7. The summed E-state index contributed by atoms with van der Waals surface area (Å²) in [7, 11) is 1.46. The third-order valence-electron chi connectivity index (χ3n) is 2.22. The van der Waals surface area contributed by atoms with Crippen LogP contribution in [0.5, 0.6) is 0 Å². The summed E-state index contributed by atoms with van der Waals surface area (Å²) in [6.07, 6.45) is 2.11. The molecule has 5 nitrogen and oxygen atoms in total. The van der Waals surface area contributed by atoms with Gasteiger partial charge in [0, 0.05) is 23.1 Å². The topological polar surface area (TPSA) is 64.8 Å². The van der Waals surface area contributed by atoms with E-state index in [-0.39, 0.29) is 5.16 Å². The highest BCUT2D eigenvalue weighted by molar-refractivity contribution is 8.13. The smallest absolute Gasteiger partial charge is 0.296 e. The van der Waals surface area contributed by atoms with Crippen molar-refractivity contribution in [3.05, 3.63) is 5.82 Å². The van der Waals surface area contributed by atoms with Crippen LogP contribution in [0.4, 0.5) is 0 Å². The first-order chi connectivity index (χ1) is 6.54. The monoisotopic (exact) mass is 235 g/mol. The van der Waals surface area contributed by atoms with Crippen molar-refractivity contribution in [2.45, 2.75) is 37.4 Å². The van der Waals surface area contributed by atoms with Gasteiger partial charge in [0.2, 0.25) is 0 Å². The van der Waals surface area contributed by atoms with Gasteiger partial charge in [0.1, 0.15) is 5.82 Å². The second-order valence-corrected chi connectivity index (χ2v) is 5.76. The maximum absolute atomic E-state index is 11.1. The van der Waals surface area contributed by atoms with E-state index in [1.807, 2.05) is 6.92 Å². The number of halogens is 1. The molecule has 0 amide bonds. The third-order valence-corrected chi connectivity index (χ3v) is 3.37. The van der Waals surface area contributed by atoms with Gasteiger partial charge in [-0.1, -0.05) is 0 Å². The predicted octanol–water partition coefficient (Wildman–Crippen LogP) is 1.10. The molecule has 0 atom stereocenters. The number of rotatable bonds is 3. The van der Waals surface area contributed by atoms with E-state index in [9.17, 15) is 8.42 Å². The highest BCUT2D eigenvalue weighted by Gasteiger charge is 2.32. The fourth-order valence-electron chi connectivity index (χ4n) is 1.42. The summed E-state index contributed by atoms with van der Waals surface area (Å²) in [6, 6.07) is 0. The Morgan fingerprint density at radius 3 is 2.57 bits per heavy atom. The number of hydrogen-bond acceptors (Lipinski definition) is 4. The van der Waals surface area contributed by atoms with Crippen molar-refractivity contribution >= 4 is 19.7 Å². The average molecular weight is 236 g/mol. The first-order valence-electron chi connectivity index (χ1n) is 4.41. The van der Waals surface area contributed by atoms with E-state index < -0.39 is 9.05 Å². The Bertz CT molecular complexity index is 450. The van der Waals surface area contributed by atoms with Crippen LogP contribution in [0.25, 0.3) is 0 Å². The van der Waals surface area contributed by atoms with Gasteiger partial charge in [0.05, 0.1) is 0 Å². The summed E-state index contributed by atoms with van der Waals surface area (Å²) in [6.45, 7) is 2.38. The lowest BCUT2D eigenvalue weighted by Crippen LogP contribution is -2.07. The Kier molecular flexibility index (Phi) is 2.27. The van der Waals surface area contributed by atoms with Gasteiger partial charge in [-0.25, -0.2) is 8.42 Å². The van der Waals surface area contributed by atoms with E-state index in [0.717, 1.165) is 18.7 Å². The number of aromatic nitrogens is 3. The number of hydrogen-bond donors (Lipinski definition) is 0. The maximum atomic E-state index is 11.1. The predicted molar refractivity (Wildman–Crippen MR) is 50.7 cm³/mol. The van der Waals surface area contributed by atoms with Crippen LogP contribution in [-0.2, 0) is 15.6 Å². The van der Waals surface area contributed by atoms with E-state index in [0.29, 0.717) is 12.5 Å². The van der Waals surface area contributed by atoms with Crippen molar-refractivity contribution in [2.24, 2.45) is 0 Å². The molecule has 0 saturated heterocycles. The van der Waals surface area contributed by atoms with Crippen molar-refractivity contribution in [3.8, 4) is 0 Å². The van der Waals surface area contributed by atoms with E-state index in [1.54, 1.807) is 4.57 Å². The van der Waals surface area contributed by atoms with Crippen LogP contribution in [-0.4, -0.2) is 23.2 Å². The SMILES string of the molecule is CCn1c(C2CC2)nnc1S(=O)(=O)Cl.